The Bertz CT molecular complexity index is 493. The molecular weight excluding hydrogens is 244 g/mol. The van der Waals surface area contributed by atoms with Gasteiger partial charge in [-0.3, -0.25) is 9.59 Å². The van der Waals surface area contributed by atoms with Crippen LogP contribution in [0.4, 0.5) is 0 Å². The summed E-state index contributed by atoms with van der Waals surface area (Å²) in [6.07, 6.45) is 3.85. The monoisotopic (exact) mass is 264 g/mol. The number of carbonyl (C=O) groups excluding carboxylic acids is 1. The first-order valence-electron chi connectivity index (χ1n) is 6.62. The maximum absolute atomic E-state index is 12.5. The highest BCUT2D eigenvalue weighted by Gasteiger charge is 2.34. The fourth-order valence-electron chi connectivity index (χ4n) is 2.26. The van der Waals surface area contributed by atoms with Crippen molar-refractivity contribution >= 4 is 5.91 Å². The van der Waals surface area contributed by atoms with Crippen LogP contribution in [0.25, 0.3) is 0 Å². The van der Waals surface area contributed by atoms with E-state index in [1.165, 1.54) is 25.1 Å². The van der Waals surface area contributed by atoms with Crippen molar-refractivity contribution in [2.45, 2.75) is 25.8 Å². The van der Waals surface area contributed by atoms with E-state index in [1.54, 1.807) is 13.2 Å². The van der Waals surface area contributed by atoms with Gasteiger partial charge in [-0.1, -0.05) is 0 Å². The fraction of sp³-hybridized carbons (Fsp3) is 0.571. The number of nitrogens with zero attached hydrogens (tertiary/aromatic N) is 1. The molecule has 0 aliphatic heterocycles. The molecule has 1 aliphatic rings. The average Bonchev–Trinajstić information content (AvgIpc) is 3.23. The second-order valence-electron chi connectivity index (χ2n) is 5.01. The van der Waals surface area contributed by atoms with Gasteiger partial charge in [0.15, 0.2) is 0 Å². The average molecular weight is 264 g/mol. The van der Waals surface area contributed by atoms with Crippen LogP contribution in [0.5, 0.6) is 0 Å². The molecule has 1 saturated carbocycles. The van der Waals surface area contributed by atoms with Gasteiger partial charge in [-0.15, -0.1) is 0 Å². The molecule has 1 fully saturated rings. The van der Waals surface area contributed by atoms with Gasteiger partial charge < -0.3 is 14.6 Å². The van der Waals surface area contributed by atoms with E-state index in [0.29, 0.717) is 24.6 Å². The molecule has 1 heterocycles. The number of aromatic nitrogens is 1. The molecule has 1 amide bonds. The molecule has 5 nitrogen and oxygen atoms in total. The van der Waals surface area contributed by atoms with Gasteiger partial charge in [-0.2, -0.15) is 0 Å². The molecular formula is C14H20N2O3. The molecule has 5 heteroatoms. The van der Waals surface area contributed by atoms with Crippen LogP contribution in [0.2, 0.25) is 0 Å². The fourth-order valence-corrected chi connectivity index (χ4v) is 2.26. The van der Waals surface area contributed by atoms with Crippen LogP contribution in [0, 0.1) is 5.92 Å². The minimum atomic E-state index is -0.253. The molecule has 0 aromatic carbocycles. The predicted octanol–water partition coefficient (Wildman–Crippen LogP) is 1.26. The Morgan fingerprint density at radius 1 is 1.58 bits per heavy atom. The predicted molar refractivity (Wildman–Crippen MR) is 72.2 cm³/mol. The lowest BCUT2D eigenvalue weighted by Gasteiger charge is -2.29. The van der Waals surface area contributed by atoms with Crippen molar-refractivity contribution in [2.24, 2.45) is 5.92 Å². The molecule has 104 valence electrons. The molecule has 0 spiro atoms. The Balaban J connectivity index is 2.16. The Labute approximate surface area is 112 Å². The second kappa shape index (κ2) is 6.02. The van der Waals surface area contributed by atoms with Crippen LogP contribution in [0.1, 0.15) is 30.1 Å². The smallest absolute Gasteiger partial charge is 0.254 e. The van der Waals surface area contributed by atoms with E-state index in [-0.39, 0.29) is 17.5 Å². The Morgan fingerprint density at radius 3 is 2.89 bits per heavy atom. The maximum atomic E-state index is 12.5. The SMILES string of the molecule is COCCN(C(=O)c1cc[nH]c(=O)c1)C(C)C1CC1. The summed E-state index contributed by atoms with van der Waals surface area (Å²) in [6, 6.07) is 3.19. The molecule has 0 radical (unpaired) electrons. The van der Waals surface area contributed by atoms with E-state index in [4.69, 9.17) is 4.74 Å². The normalized spacial score (nSPS) is 16.1. The van der Waals surface area contributed by atoms with E-state index < -0.39 is 0 Å². The molecule has 1 N–H and O–H groups in total. The number of nitrogens with one attached hydrogen (secondary N) is 1. The van der Waals surface area contributed by atoms with E-state index >= 15 is 0 Å². The Kier molecular flexibility index (Phi) is 4.37. The van der Waals surface area contributed by atoms with Crippen LogP contribution >= 0.6 is 0 Å². The summed E-state index contributed by atoms with van der Waals surface area (Å²) >= 11 is 0. The quantitative estimate of drug-likeness (QED) is 0.841. The van der Waals surface area contributed by atoms with Crippen LogP contribution < -0.4 is 5.56 Å². The molecule has 0 bridgehead atoms. The minimum absolute atomic E-state index is 0.0949. The zero-order valence-electron chi connectivity index (χ0n) is 11.4. The number of pyridine rings is 1. The van der Waals surface area contributed by atoms with Crippen molar-refractivity contribution in [3.05, 3.63) is 34.2 Å². The first kappa shape index (κ1) is 13.8. The van der Waals surface area contributed by atoms with Gasteiger partial charge in [-0.25, -0.2) is 0 Å². The summed E-state index contributed by atoms with van der Waals surface area (Å²) < 4.78 is 5.07. The lowest BCUT2D eigenvalue weighted by Crippen LogP contribution is -2.42. The summed E-state index contributed by atoms with van der Waals surface area (Å²) in [6.45, 7) is 3.13. The van der Waals surface area contributed by atoms with Gasteiger partial charge >= 0.3 is 0 Å². The van der Waals surface area contributed by atoms with E-state index in [0.717, 1.165) is 0 Å². The van der Waals surface area contributed by atoms with Crippen LogP contribution in [0.15, 0.2) is 23.1 Å². The topological polar surface area (TPSA) is 62.4 Å². The zero-order valence-corrected chi connectivity index (χ0v) is 11.4. The summed E-state index contributed by atoms with van der Waals surface area (Å²) in [5, 5.41) is 0. The Hall–Kier alpha value is -1.62. The van der Waals surface area contributed by atoms with Gasteiger partial charge in [0.05, 0.1) is 6.61 Å². The first-order valence-corrected chi connectivity index (χ1v) is 6.62. The van der Waals surface area contributed by atoms with Gasteiger partial charge in [0, 0.05) is 37.5 Å². The number of ether oxygens (including phenoxy) is 1. The molecule has 1 atom stereocenters. The van der Waals surface area contributed by atoms with Crippen molar-refractivity contribution in [1.82, 2.24) is 9.88 Å². The van der Waals surface area contributed by atoms with Gasteiger partial charge in [-0.05, 0) is 31.7 Å². The molecule has 1 aliphatic carbocycles. The molecule has 0 saturated heterocycles. The first-order chi connectivity index (χ1) is 9.13. The van der Waals surface area contributed by atoms with Gasteiger partial charge in [0.1, 0.15) is 0 Å². The summed E-state index contributed by atoms with van der Waals surface area (Å²) in [5.41, 5.74) is 0.184. The molecule has 1 unspecified atom stereocenters. The lowest BCUT2D eigenvalue weighted by atomic mass is 10.1. The highest BCUT2D eigenvalue weighted by molar-refractivity contribution is 5.94. The van der Waals surface area contributed by atoms with Crippen molar-refractivity contribution in [1.29, 1.82) is 0 Å². The number of hydrogen-bond donors (Lipinski definition) is 1. The second-order valence-corrected chi connectivity index (χ2v) is 5.01. The number of methoxy groups -OCH3 is 1. The largest absolute Gasteiger partial charge is 0.383 e. The van der Waals surface area contributed by atoms with Crippen molar-refractivity contribution in [2.75, 3.05) is 20.3 Å². The number of aromatic amines is 1. The van der Waals surface area contributed by atoms with E-state index in [1.807, 2.05) is 4.90 Å². The third-order valence-corrected chi connectivity index (χ3v) is 3.62. The highest BCUT2D eigenvalue weighted by Crippen LogP contribution is 2.35. The van der Waals surface area contributed by atoms with Crippen LogP contribution in [-0.4, -0.2) is 42.1 Å². The Morgan fingerprint density at radius 2 is 2.32 bits per heavy atom. The van der Waals surface area contributed by atoms with E-state index in [9.17, 15) is 9.59 Å². The lowest BCUT2D eigenvalue weighted by molar-refractivity contribution is 0.0594. The van der Waals surface area contributed by atoms with Crippen LogP contribution in [0.3, 0.4) is 0 Å². The maximum Gasteiger partial charge on any atom is 0.254 e. The van der Waals surface area contributed by atoms with Crippen LogP contribution in [-0.2, 0) is 4.74 Å². The standard InChI is InChI=1S/C14H20N2O3/c1-10(11-3-4-11)16(7-8-19-2)14(18)12-5-6-15-13(17)9-12/h5-6,9-11H,3-4,7-8H2,1-2H3,(H,15,17). The molecule has 1 aromatic heterocycles. The van der Waals surface area contributed by atoms with Gasteiger partial charge in [0.2, 0.25) is 5.56 Å². The van der Waals surface area contributed by atoms with Crippen molar-refractivity contribution < 1.29 is 9.53 Å². The highest BCUT2D eigenvalue weighted by atomic mass is 16.5. The zero-order chi connectivity index (χ0) is 13.8. The number of rotatable bonds is 6. The number of H-pyrrole nitrogens is 1. The number of carbonyl (C=O) groups is 1. The molecule has 2 rings (SSSR count). The summed E-state index contributed by atoms with van der Waals surface area (Å²) in [5.74, 6) is 0.491. The van der Waals surface area contributed by atoms with Crippen molar-refractivity contribution in [3.63, 3.8) is 0 Å². The van der Waals surface area contributed by atoms with E-state index in [2.05, 4.69) is 11.9 Å². The summed E-state index contributed by atoms with van der Waals surface area (Å²) in [7, 11) is 1.62. The van der Waals surface area contributed by atoms with Gasteiger partial charge in [0.25, 0.3) is 5.91 Å². The summed E-state index contributed by atoms with van der Waals surface area (Å²) in [4.78, 5) is 28.1. The molecule has 19 heavy (non-hydrogen) atoms. The molecule has 1 aromatic rings. The third kappa shape index (κ3) is 3.44. The number of amides is 1. The number of hydrogen-bond acceptors (Lipinski definition) is 3. The third-order valence-electron chi connectivity index (χ3n) is 3.62. The van der Waals surface area contributed by atoms with Crippen molar-refractivity contribution in [3.8, 4) is 0 Å². The minimum Gasteiger partial charge on any atom is -0.383 e.